The average Bonchev–Trinajstić information content (AvgIpc) is 2.40. The van der Waals surface area contributed by atoms with Crippen LogP contribution in [-0.4, -0.2) is 31.1 Å². The Morgan fingerprint density at radius 3 is 3.00 bits per heavy atom. The molecule has 1 atom stereocenters. The normalized spacial score (nSPS) is 20.3. The summed E-state index contributed by atoms with van der Waals surface area (Å²) in [6, 6.07) is 5.64. The predicted molar refractivity (Wildman–Crippen MR) is 79.2 cm³/mol. The van der Waals surface area contributed by atoms with Gasteiger partial charge in [-0.3, -0.25) is 4.90 Å². The lowest BCUT2D eigenvalue weighted by molar-refractivity contribution is 0.0600. The van der Waals surface area contributed by atoms with Gasteiger partial charge in [-0.1, -0.05) is 22.9 Å². The van der Waals surface area contributed by atoms with Crippen molar-refractivity contribution in [2.24, 2.45) is 5.92 Å². The van der Waals surface area contributed by atoms with E-state index in [2.05, 4.69) is 27.8 Å². The molecule has 0 bridgehead atoms. The van der Waals surface area contributed by atoms with Crippen LogP contribution in [0.3, 0.4) is 0 Å². The molecule has 1 aliphatic heterocycles. The molecule has 104 valence electrons. The van der Waals surface area contributed by atoms with Crippen LogP contribution >= 0.6 is 15.9 Å². The molecule has 1 aliphatic rings. The summed E-state index contributed by atoms with van der Waals surface area (Å²) < 4.78 is 5.82. The van der Waals surface area contributed by atoms with Gasteiger partial charge in [0.05, 0.1) is 12.7 Å². The van der Waals surface area contributed by atoms with Crippen molar-refractivity contribution < 1.29 is 9.53 Å². The molecule has 1 aromatic rings. The number of hydrogen-bond acceptors (Lipinski definition) is 3. The van der Waals surface area contributed by atoms with E-state index >= 15 is 0 Å². The largest absolute Gasteiger partial charge is 0.465 e. The number of carbonyl (C=O) groups is 1. The van der Waals surface area contributed by atoms with Gasteiger partial charge in [0.25, 0.3) is 0 Å². The van der Waals surface area contributed by atoms with Gasteiger partial charge in [0.1, 0.15) is 0 Å². The summed E-state index contributed by atoms with van der Waals surface area (Å²) in [5, 5.41) is 0. The highest BCUT2D eigenvalue weighted by Crippen LogP contribution is 2.23. The highest BCUT2D eigenvalue weighted by Gasteiger charge is 2.18. The van der Waals surface area contributed by atoms with Crippen LogP contribution in [0.1, 0.15) is 35.7 Å². The fourth-order valence-corrected chi connectivity index (χ4v) is 2.98. The molecular weight excluding hydrogens is 306 g/mol. The van der Waals surface area contributed by atoms with Crippen molar-refractivity contribution in [3.8, 4) is 0 Å². The lowest BCUT2D eigenvalue weighted by atomic mass is 9.99. The first-order valence-corrected chi connectivity index (χ1v) is 7.48. The zero-order valence-electron chi connectivity index (χ0n) is 11.5. The number of rotatable bonds is 3. The molecule has 0 saturated carbocycles. The molecule has 0 spiro atoms. The summed E-state index contributed by atoms with van der Waals surface area (Å²) >= 11 is 3.56. The maximum atomic E-state index is 11.6. The van der Waals surface area contributed by atoms with Crippen molar-refractivity contribution in [2.75, 3.05) is 20.2 Å². The van der Waals surface area contributed by atoms with Crippen LogP contribution in [0.2, 0.25) is 0 Å². The monoisotopic (exact) mass is 325 g/mol. The Balaban J connectivity index is 2.12. The van der Waals surface area contributed by atoms with E-state index in [1.807, 2.05) is 12.1 Å². The Bertz CT molecular complexity index is 461. The van der Waals surface area contributed by atoms with E-state index < -0.39 is 0 Å². The number of methoxy groups -OCH3 is 1. The molecule has 3 nitrogen and oxygen atoms in total. The number of hydrogen-bond donors (Lipinski definition) is 0. The van der Waals surface area contributed by atoms with E-state index in [4.69, 9.17) is 4.74 Å². The minimum Gasteiger partial charge on any atom is -0.465 e. The van der Waals surface area contributed by atoms with Gasteiger partial charge < -0.3 is 4.74 Å². The number of halogens is 1. The number of esters is 1. The van der Waals surface area contributed by atoms with E-state index in [1.165, 1.54) is 20.0 Å². The van der Waals surface area contributed by atoms with Crippen molar-refractivity contribution in [1.82, 2.24) is 4.90 Å². The van der Waals surface area contributed by atoms with Gasteiger partial charge in [0.2, 0.25) is 0 Å². The first kappa shape index (κ1) is 14.5. The Morgan fingerprint density at radius 1 is 1.53 bits per heavy atom. The topological polar surface area (TPSA) is 29.5 Å². The second-order valence-electron chi connectivity index (χ2n) is 5.28. The second kappa shape index (κ2) is 6.53. The van der Waals surface area contributed by atoms with Crippen molar-refractivity contribution in [3.63, 3.8) is 0 Å². The maximum Gasteiger partial charge on any atom is 0.337 e. The summed E-state index contributed by atoms with van der Waals surface area (Å²) in [5.74, 6) is 0.483. The third-order valence-corrected chi connectivity index (χ3v) is 4.38. The van der Waals surface area contributed by atoms with Crippen LogP contribution in [0.15, 0.2) is 22.7 Å². The summed E-state index contributed by atoms with van der Waals surface area (Å²) in [6.45, 7) is 5.45. The molecule has 1 fully saturated rings. The van der Waals surface area contributed by atoms with Gasteiger partial charge in [-0.25, -0.2) is 4.79 Å². The van der Waals surface area contributed by atoms with E-state index in [0.717, 1.165) is 35.6 Å². The van der Waals surface area contributed by atoms with E-state index in [0.29, 0.717) is 5.56 Å². The highest BCUT2D eigenvalue weighted by atomic mass is 79.9. The first-order chi connectivity index (χ1) is 9.10. The third-order valence-electron chi connectivity index (χ3n) is 3.60. The summed E-state index contributed by atoms with van der Waals surface area (Å²) in [6.07, 6.45) is 2.58. The summed E-state index contributed by atoms with van der Waals surface area (Å²) in [4.78, 5) is 14.0. The molecule has 19 heavy (non-hydrogen) atoms. The Labute approximate surface area is 123 Å². The molecule has 2 rings (SSSR count). The summed E-state index contributed by atoms with van der Waals surface area (Å²) in [5.41, 5.74) is 1.77. The molecule has 4 heteroatoms. The van der Waals surface area contributed by atoms with Gasteiger partial charge >= 0.3 is 5.97 Å². The first-order valence-electron chi connectivity index (χ1n) is 6.69. The smallest absolute Gasteiger partial charge is 0.337 e. The quantitative estimate of drug-likeness (QED) is 0.797. The average molecular weight is 326 g/mol. The van der Waals surface area contributed by atoms with Crippen molar-refractivity contribution in [3.05, 3.63) is 33.8 Å². The Morgan fingerprint density at radius 2 is 2.32 bits per heavy atom. The molecule has 0 aliphatic carbocycles. The number of nitrogens with zero attached hydrogens (tertiary/aromatic N) is 1. The number of carbonyl (C=O) groups excluding carboxylic acids is 1. The fraction of sp³-hybridized carbons (Fsp3) is 0.533. The van der Waals surface area contributed by atoms with Crippen LogP contribution in [0, 0.1) is 5.92 Å². The van der Waals surface area contributed by atoms with Gasteiger partial charge in [0.15, 0.2) is 0 Å². The van der Waals surface area contributed by atoms with Crippen LogP contribution in [0.5, 0.6) is 0 Å². The van der Waals surface area contributed by atoms with Crippen LogP contribution in [0.25, 0.3) is 0 Å². The molecule has 1 heterocycles. The lowest BCUT2D eigenvalue weighted by Crippen LogP contribution is -2.33. The van der Waals surface area contributed by atoms with E-state index in [-0.39, 0.29) is 5.97 Å². The predicted octanol–water partition coefficient (Wildman–Crippen LogP) is 3.47. The second-order valence-corrected chi connectivity index (χ2v) is 6.13. The number of piperidine rings is 1. The van der Waals surface area contributed by atoms with Gasteiger partial charge in [0, 0.05) is 17.6 Å². The fourth-order valence-electron chi connectivity index (χ4n) is 2.61. The lowest BCUT2D eigenvalue weighted by Gasteiger charge is -2.31. The minimum absolute atomic E-state index is 0.277. The number of benzene rings is 1. The molecule has 0 amide bonds. The Hall–Kier alpha value is -0.870. The number of ether oxygens (including phenoxy) is 1. The molecule has 0 N–H and O–H groups in total. The van der Waals surface area contributed by atoms with Crippen LogP contribution in [0.4, 0.5) is 0 Å². The SMILES string of the molecule is COC(=O)c1ccc(Br)c(CN2CCCC(C)C2)c1. The van der Waals surface area contributed by atoms with Gasteiger partial charge in [-0.05, 0) is 49.1 Å². The standard InChI is InChI=1S/C15H20BrNO2/c1-11-4-3-7-17(9-11)10-13-8-12(15(18)19-2)5-6-14(13)16/h5-6,8,11H,3-4,7,9-10H2,1-2H3. The zero-order chi connectivity index (χ0) is 13.8. The minimum atomic E-state index is -0.277. The maximum absolute atomic E-state index is 11.6. The van der Waals surface area contributed by atoms with Crippen molar-refractivity contribution >= 4 is 21.9 Å². The van der Waals surface area contributed by atoms with Gasteiger partial charge in [-0.15, -0.1) is 0 Å². The highest BCUT2D eigenvalue weighted by molar-refractivity contribution is 9.10. The third kappa shape index (κ3) is 3.80. The molecule has 1 unspecified atom stereocenters. The van der Waals surface area contributed by atoms with E-state index in [1.54, 1.807) is 6.07 Å². The molecular formula is C15H20BrNO2. The van der Waals surface area contributed by atoms with Gasteiger partial charge in [-0.2, -0.15) is 0 Å². The van der Waals surface area contributed by atoms with Crippen LogP contribution in [-0.2, 0) is 11.3 Å². The van der Waals surface area contributed by atoms with E-state index in [9.17, 15) is 4.79 Å². The molecule has 1 aromatic carbocycles. The molecule has 1 saturated heterocycles. The zero-order valence-corrected chi connectivity index (χ0v) is 13.1. The molecule has 0 aromatic heterocycles. The van der Waals surface area contributed by atoms with Crippen LogP contribution < -0.4 is 0 Å². The van der Waals surface area contributed by atoms with Crippen molar-refractivity contribution in [2.45, 2.75) is 26.3 Å². The Kier molecular flexibility index (Phi) is 4.99. The molecule has 0 radical (unpaired) electrons. The summed E-state index contributed by atoms with van der Waals surface area (Å²) in [7, 11) is 1.41. The van der Waals surface area contributed by atoms with Crippen molar-refractivity contribution in [1.29, 1.82) is 0 Å². The number of likely N-dealkylation sites (tertiary alicyclic amines) is 1.